The molecule has 4 nitrogen and oxygen atoms in total. The molecule has 36 heavy (non-hydrogen) atoms. The highest BCUT2D eigenvalue weighted by Crippen LogP contribution is 2.41. The predicted octanol–water partition coefficient (Wildman–Crippen LogP) is 8.71. The third kappa shape index (κ3) is 4.18. The van der Waals surface area contributed by atoms with Gasteiger partial charge in [-0.15, -0.1) is 0 Å². The van der Waals surface area contributed by atoms with Crippen LogP contribution in [0.5, 0.6) is 0 Å². The van der Waals surface area contributed by atoms with Crippen molar-refractivity contribution in [1.82, 2.24) is 0 Å². The molecule has 4 aromatic carbocycles. The normalized spacial score (nSPS) is 12.3. The van der Waals surface area contributed by atoms with E-state index >= 15 is 0 Å². The Morgan fingerprint density at radius 2 is 0.972 bits per heavy atom. The molecule has 0 bridgehead atoms. The molecular formula is C30H24Br2N2O2. The molecule has 180 valence electrons. The fourth-order valence-electron chi connectivity index (χ4n) is 4.85. The van der Waals surface area contributed by atoms with E-state index in [-0.39, 0.29) is 11.6 Å². The largest absolute Gasteiger partial charge is 0.354 e. The van der Waals surface area contributed by atoms with Crippen LogP contribution in [0.3, 0.4) is 0 Å². The van der Waals surface area contributed by atoms with Gasteiger partial charge >= 0.3 is 0 Å². The Kier molecular flexibility index (Phi) is 6.35. The molecule has 0 saturated carbocycles. The molecule has 0 amide bonds. The van der Waals surface area contributed by atoms with E-state index in [1.807, 2.05) is 52.0 Å². The molecule has 1 aliphatic rings. The van der Waals surface area contributed by atoms with Crippen LogP contribution >= 0.6 is 31.9 Å². The second kappa shape index (κ2) is 9.34. The van der Waals surface area contributed by atoms with Crippen molar-refractivity contribution in [3.8, 4) is 0 Å². The molecular weight excluding hydrogens is 580 g/mol. The number of anilines is 4. The summed E-state index contributed by atoms with van der Waals surface area (Å²) < 4.78 is 1.79. The molecule has 0 saturated heterocycles. The van der Waals surface area contributed by atoms with E-state index in [0.717, 1.165) is 42.6 Å². The van der Waals surface area contributed by atoms with Crippen LogP contribution in [0.15, 0.2) is 69.6 Å². The van der Waals surface area contributed by atoms with Crippen molar-refractivity contribution in [2.75, 3.05) is 10.6 Å². The Balaban J connectivity index is 1.71. The van der Waals surface area contributed by atoms with E-state index in [1.165, 1.54) is 0 Å². The minimum Gasteiger partial charge on any atom is -0.354 e. The van der Waals surface area contributed by atoms with Gasteiger partial charge in [-0.1, -0.05) is 36.4 Å². The van der Waals surface area contributed by atoms with Gasteiger partial charge in [0.2, 0.25) is 0 Å². The molecule has 6 heteroatoms. The van der Waals surface area contributed by atoms with Crippen LogP contribution in [-0.2, 0) is 0 Å². The first-order valence-electron chi connectivity index (χ1n) is 11.6. The first-order valence-corrected chi connectivity index (χ1v) is 13.2. The van der Waals surface area contributed by atoms with Crippen molar-refractivity contribution in [2.45, 2.75) is 27.7 Å². The molecule has 0 fully saturated rings. The number of ketones is 2. The lowest BCUT2D eigenvalue weighted by Crippen LogP contribution is -2.23. The van der Waals surface area contributed by atoms with Gasteiger partial charge in [0.1, 0.15) is 0 Å². The van der Waals surface area contributed by atoms with Crippen molar-refractivity contribution in [1.29, 1.82) is 0 Å². The summed E-state index contributed by atoms with van der Waals surface area (Å²) in [6.07, 6.45) is 0. The molecule has 0 atom stereocenters. The van der Waals surface area contributed by atoms with Gasteiger partial charge in [0.05, 0.1) is 33.9 Å². The van der Waals surface area contributed by atoms with Crippen molar-refractivity contribution >= 4 is 66.2 Å². The van der Waals surface area contributed by atoms with E-state index in [4.69, 9.17) is 0 Å². The maximum atomic E-state index is 13.8. The lowest BCUT2D eigenvalue weighted by molar-refractivity contribution is 0.0980. The van der Waals surface area contributed by atoms with Crippen LogP contribution in [0.1, 0.15) is 54.1 Å². The maximum Gasteiger partial charge on any atom is 0.196 e. The minimum absolute atomic E-state index is 0.174. The summed E-state index contributed by atoms with van der Waals surface area (Å²) in [4.78, 5) is 27.7. The zero-order chi connectivity index (χ0) is 25.7. The van der Waals surface area contributed by atoms with Crippen molar-refractivity contribution in [2.24, 2.45) is 0 Å². The highest BCUT2D eigenvalue weighted by molar-refractivity contribution is 9.11. The second-order valence-corrected chi connectivity index (χ2v) is 11.0. The van der Waals surface area contributed by atoms with Crippen LogP contribution in [0.2, 0.25) is 0 Å². The van der Waals surface area contributed by atoms with E-state index in [1.54, 1.807) is 24.3 Å². The average Bonchev–Trinajstić information content (AvgIpc) is 2.82. The van der Waals surface area contributed by atoms with Gasteiger partial charge in [-0.25, -0.2) is 0 Å². The number of halogens is 2. The van der Waals surface area contributed by atoms with Gasteiger partial charge in [0.25, 0.3) is 0 Å². The SMILES string of the molecule is Cc1cc(C)c(Nc2ccc(Nc3c(C)cc(C)cc3Br)c3c2C(=O)c2ccccc2C3=O)c(Br)c1. The Morgan fingerprint density at radius 1 is 0.583 bits per heavy atom. The quantitative estimate of drug-likeness (QED) is 0.216. The van der Waals surface area contributed by atoms with Crippen LogP contribution in [-0.4, -0.2) is 11.6 Å². The molecule has 0 unspecified atom stereocenters. The van der Waals surface area contributed by atoms with Crippen LogP contribution in [0.25, 0.3) is 0 Å². The molecule has 2 N–H and O–H groups in total. The van der Waals surface area contributed by atoms with Crippen molar-refractivity contribution in [3.05, 3.63) is 114 Å². The highest BCUT2D eigenvalue weighted by atomic mass is 79.9. The summed E-state index contributed by atoms with van der Waals surface area (Å²) in [6.45, 7) is 8.10. The number of fused-ring (bicyclic) bond motifs is 2. The monoisotopic (exact) mass is 602 g/mol. The molecule has 5 rings (SSSR count). The van der Waals surface area contributed by atoms with Crippen LogP contribution in [0, 0.1) is 27.7 Å². The Bertz CT molecular complexity index is 1430. The summed E-state index contributed by atoms with van der Waals surface area (Å²) in [5, 5.41) is 6.88. The maximum absolute atomic E-state index is 13.8. The minimum atomic E-state index is -0.174. The molecule has 0 radical (unpaired) electrons. The Hall–Kier alpha value is -3.22. The lowest BCUT2D eigenvalue weighted by atomic mass is 9.82. The van der Waals surface area contributed by atoms with Gasteiger partial charge in [-0.3, -0.25) is 9.59 Å². The molecule has 1 aliphatic carbocycles. The zero-order valence-corrected chi connectivity index (χ0v) is 23.5. The summed E-state index contributed by atoms with van der Waals surface area (Å²) >= 11 is 7.31. The third-order valence-corrected chi connectivity index (χ3v) is 7.71. The van der Waals surface area contributed by atoms with Gasteiger partial charge in [-0.2, -0.15) is 0 Å². The van der Waals surface area contributed by atoms with Gasteiger partial charge in [0, 0.05) is 20.1 Å². The second-order valence-electron chi connectivity index (χ2n) is 9.24. The molecule has 0 heterocycles. The number of aryl methyl sites for hydroxylation is 4. The number of rotatable bonds is 4. The third-order valence-electron chi connectivity index (χ3n) is 6.46. The van der Waals surface area contributed by atoms with E-state index in [0.29, 0.717) is 33.6 Å². The standard InChI is InChI=1S/C30H24Br2N2O2/c1-15-11-17(3)27(21(31)13-15)33-23-9-10-24(34-28-18(4)12-16(2)14-22(28)32)26-25(23)29(35)19-7-5-6-8-20(19)30(26)36/h5-14,33-34H,1-4H3. The summed E-state index contributed by atoms with van der Waals surface area (Å²) in [6, 6.07) is 19.0. The van der Waals surface area contributed by atoms with Crippen molar-refractivity contribution < 1.29 is 9.59 Å². The predicted molar refractivity (Wildman–Crippen MR) is 154 cm³/mol. The zero-order valence-electron chi connectivity index (χ0n) is 20.3. The van der Waals surface area contributed by atoms with E-state index in [9.17, 15) is 9.59 Å². The number of hydrogen-bond acceptors (Lipinski definition) is 4. The fraction of sp³-hybridized carbons (Fsp3) is 0.133. The van der Waals surface area contributed by atoms with Crippen LogP contribution in [0.4, 0.5) is 22.7 Å². The van der Waals surface area contributed by atoms with Gasteiger partial charge < -0.3 is 10.6 Å². The van der Waals surface area contributed by atoms with Crippen molar-refractivity contribution in [3.63, 3.8) is 0 Å². The lowest BCUT2D eigenvalue weighted by Gasteiger charge is -2.25. The topological polar surface area (TPSA) is 58.2 Å². The Labute approximate surface area is 227 Å². The first-order chi connectivity index (χ1) is 17.2. The molecule has 0 aliphatic heterocycles. The van der Waals surface area contributed by atoms with E-state index < -0.39 is 0 Å². The van der Waals surface area contributed by atoms with Crippen LogP contribution < -0.4 is 10.6 Å². The molecule has 0 aromatic heterocycles. The summed E-state index contributed by atoms with van der Waals surface area (Å²) in [7, 11) is 0. The van der Waals surface area contributed by atoms with E-state index in [2.05, 4.69) is 54.6 Å². The van der Waals surface area contributed by atoms with Gasteiger partial charge in [-0.05, 0) is 106 Å². The average molecular weight is 604 g/mol. The number of hydrogen-bond donors (Lipinski definition) is 2. The fourth-order valence-corrected chi connectivity index (χ4v) is 6.39. The number of benzene rings is 4. The number of nitrogens with one attached hydrogen (secondary N) is 2. The Morgan fingerprint density at radius 3 is 1.33 bits per heavy atom. The smallest absolute Gasteiger partial charge is 0.196 e. The number of carbonyl (C=O) groups excluding carboxylic acids is 2. The summed E-state index contributed by atoms with van der Waals surface area (Å²) in [5.74, 6) is -0.348. The summed E-state index contributed by atoms with van der Waals surface area (Å²) in [5.41, 5.74) is 8.82. The number of carbonyl (C=O) groups is 2. The molecule has 0 spiro atoms. The molecule has 4 aromatic rings. The van der Waals surface area contributed by atoms with Gasteiger partial charge in [0.15, 0.2) is 11.6 Å². The first kappa shape index (κ1) is 24.5. The highest BCUT2D eigenvalue weighted by Gasteiger charge is 2.34.